The molecule has 16 heavy (non-hydrogen) atoms. The van der Waals surface area contributed by atoms with Crippen LogP contribution in [-0.4, -0.2) is 25.2 Å². The van der Waals surface area contributed by atoms with E-state index in [9.17, 15) is 4.79 Å². The van der Waals surface area contributed by atoms with E-state index in [2.05, 4.69) is 4.74 Å². The molecular formula is C12H13NO3. The Labute approximate surface area is 93.4 Å². The normalized spacial score (nSPS) is 10.4. The minimum Gasteiger partial charge on any atom is -0.464 e. The molecule has 0 saturated carbocycles. The molecule has 1 heterocycles. The summed E-state index contributed by atoms with van der Waals surface area (Å²) >= 11 is 0. The van der Waals surface area contributed by atoms with Crippen LogP contribution in [0.1, 0.15) is 5.56 Å². The van der Waals surface area contributed by atoms with Crippen LogP contribution in [0, 0.1) is 0 Å². The van der Waals surface area contributed by atoms with Gasteiger partial charge in [0.15, 0.2) is 0 Å². The van der Waals surface area contributed by atoms with Crippen molar-refractivity contribution in [1.29, 1.82) is 0 Å². The van der Waals surface area contributed by atoms with Gasteiger partial charge in [-0.1, -0.05) is 18.2 Å². The fraction of sp³-hybridized carbons (Fsp3) is 0.250. The predicted octanol–water partition coefficient (Wildman–Crippen LogP) is 2.63. The Morgan fingerprint density at radius 1 is 1.44 bits per heavy atom. The number of hydrogen-bond donors (Lipinski definition) is 0. The molecule has 0 saturated heterocycles. The van der Waals surface area contributed by atoms with Crippen molar-refractivity contribution >= 4 is 17.1 Å². The van der Waals surface area contributed by atoms with Crippen LogP contribution in [0.3, 0.4) is 0 Å². The first-order chi connectivity index (χ1) is 7.72. The Morgan fingerprint density at radius 3 is 2.94 bits per heavy atom. The van der Waals surface area contributed by atoms with Gasteiger partial charge in [-0.05, 0) is 6.07 Å². The number of para-hydroxylation sites is 1. The lowest BCUT2D eigenvalue weighted by molar-refractivity contribution is 0.131. The van der Waals surface area contributed by atoms with Crippen molar-refractivity contribution in [3.05, 3.63) is 36.1 Å². The smallest absolute Gasteiger partial charge is 0.409 e. The number of methoxy groups -OCH3 is 1. The molecule has 84 valence electrons. The van der Waals surface area contributed by atoms with E-state index in [4.69, 9.17) is 4.42 Å². The molecule has 0 aliphatic heterocycles. The highest BCUT2D eigenvalue weighted by molar-refractivity contribution is 5.81. The highest BCUT2D eigenvalue weighted by atomic mass is 16.5. The number of ether oxygens (including phenoxy) is 1. The minimum atomic E-state index is -0.356. The summed E-state index contributed by atoms with van der Waals surface area (Å²) in [6.07, 6.45) is 1.31. The molecule has 0 aliphatic carbocycles. The standard InChI is InChI=1S/C12H13NO3/c1-13(12(14)15-2)7-9-8-16-11-6-4-3-5-10(9)11/h3-6,8H,7H2,1-2H3. The zero-order valence-electron chi connectivity index (χ0n) is 9.27. The zero-order chi connectivity index (χ0) is 11.5. The molecule has 0 N–H and O–H groups in total. The number of hydrogen-bond acceptors (Lipinski definition) is 3. The summed E-state index contributed by atoms with van der Waals surface area (Å²) < 4.78 is 10.0. The molecule has 0 atom stereocenters. The third-order valence-corrected chi connectivity index (χ3v) is 2.45. The van der Waals surface area contributed by atoms with Gasteiger partial charge in [0.25, 0.3) is 0 Å². The molecule has 0 radical (unpaired) electrons. The number of rotatable bonds is 2. The maximum Gasteiger partial charge on any atom is 0.409 e. The van der Waals surface area contributed by atoms with Crippen LogP contribution in [0.4, 0.5) is 4.79 Å². The van der Waals surface area contributed by atoms with Gasteiger partial charge >= 0.3 is 6.09 Å². The maximum atomic E-state index is 11.2. The van der Waals surface area contributed by atoms with Crippen LogP contribution >= 0.6 is 0 Å². The van der Waals surface area contributed by atoms with E-state index in [-0.39, 0.29) is 6.09 Å². The van der Waals surface area contributed by atoms with E-state index in [1.165, 1.54) is 12.0 Å². The average Bonchev–Trinajstić information content (AvgIpc) is 2.72. The van der Waals surface area contributed by atoms with Gasteiger partial charge in [0.2, 0.25) is 0 Å². The first-order valence-corrected chi connectivity index (χ1v) is 4.96. The van der Waals surface area contributed by atoms with E-state index in [1.807, 2.05) is 24.3 Å². The van der Waals surface area contributed by atoms with Gasteiger partial charge in [0, 0.05) is 18.0 Å². The van der Waals surface area contributed by atoms with Crippen molar-refractivity contribution in [2.45, 2.75) is 6.54 Å². The summed E-state index contributed by atoms with van der Waals surface area (Å²) in [4.78, 5) is 12.7. The van der Waals surface area contributed by atoms with Crippen molar-refractivity contribution in [1.82, 2.24) is 4.90 Å². The third-order valence-electron chi connectivity index (χ3n) is 2.45. The Morgan fingerprint density at radius 2 is 2.19 bits per heavy atom. The van der Waals surface area contributed by atoms with Crippen molar-refractivity contribution in [3.63, 3.8) is 0 Å². The number of fused-ring (bicyclic) bond motifs is 1. The minimum absolute atomic E-state index is 0.356. The number of amides is 1. The van der Waals surface area contributed by atoms with Crippen LogP contribution in [-0.2, 0) is 11.3 Å². The largest absolute Gasteiger partial charge is 0.464 e. The quantitative estimate of drug-likeness (QED) is 0.779. The Hall–Kier alpha value is -1.97. The third kappa shape index (κ3) is 1.86. The van der Waals surface area contributed by atoms with Gasteiger partial charge < -0.3 is 14.1 Å². The summed E-state index contributed by atoms with van der Waals surface area (Å²) in [5.74, 6) is 0. The van der Waals surface area contributed by atoms with Crippen molar-refractivity contribution in [2.24, 2.45) is 0 Å². The summed E-state index contributed by atoms with van der Waals surface area (Å²) in [7, 11) is 3.06. The first-order valence-electron chi connectivity index (χ1n) is 4.96. The SMILES string of the molecule is COC(=O)N(C)Cc1coc2ccccc12. The zero-order valence-corrected chi connectivity index (χ0v) is 9.27. The molecule has 0 unspecified atom stereocenters. The molecule has 0 spiro atoms. The van der Waals surface area contributed by atoms with Gasteiger partial charge in [0.1, 0.15) is 5.58 Å². The molecule has 4 nitrogen and oxygen atoms in total. The Kier molecular flexibility index (Phi) is 2.81. The topological polar surface area (TPSA) is 42.7 Å². The fourth-order valence-electron chi connectivity index (χ4n) is 1.63. The summed E-state index contributed by atoms with van der Waals surface area (Å²) in [5.41, 5.74) is 1.80. The summed E-state index contributed by atoms with van der Waals surface area (Å²) in [6.45, 7) is 0.476. The lowest BCUT2D eigenvalue weighted by Crippen LogP contribution is -2.25. The van der Waals surface area contributed by atoms with Crippen molar-refractivity contribution in [2.75, 3.05) is 14.2 Å². The first kappa shape index (κ1) is 10.5. The van der Waals surface area contributed by atoms with Crippen molar-refractivity contribution < 1.29 is 13.9 Å². The number of carbonyl (C=O) groups excluding carboxylic acids is 1. The van der Waals surface area contributed by atoms with Gasteiger partial charge in [-0.2, -0.15) is 0 Å². The molecule has 0 aliphatic rings. The molecule has 0 bridgehead atoms. The molecule has 4 heteroatoms. The van der Waals surface area contributed by atoms with Gasteiger partial charge in [-0.25, -0.2) is 4.79 Å². The van der Waals surface area contributed by atoms with Crippen LogP contribution < -0.4 is 0 Å². The predicted molar refractivity (Wildman–Crippen MR) is 60.1 cm³/mol. The van der Waals surface area contributed by atoms with Crippen LogP contribution in [0.25, 0.3) is 11.0 Å². The highest BCUT2D eigenvalue weighted by Gasteiger charge is 2.12. The number of furan rings is 1. The van der Waals surface area contributed by atoms with Crippen LogP contribution in [0.5, 0.6) is 0 Å². The van der Waals surface area contributed by atoms with Crippen LogP contribution in [0.15, 0.2) is 34.9 Å². The second kappa shape index (κ2) is 4.26. The highest BCUT2D eigenvalue weighted by Crippen LogP contribution is 2.21. The van der Waals surface area contributed by atoms with Gasteiger partial charge in [-0.3, -0.25) is 0 Å². The van der Waals surface area contributed by atoms with E-state index < -0.39 is 0 Å². The molecular weight excluding hydrogens is 206 g/mol. The summed E-state index contributed by atoms with van der Waals surface area (Å²) in [6, 6.07) is 7.73. The molecule has 2 aromatic rings. The van der Waals surface area contributed by atoms with Crippen molar-refractivity contribution in [3.8, 4) is 0 Å². The number of benzene rings is 1. The molecule has 2 rings (SSSR count). The van der Waals surface area contributed by atoms with E-state index in [0.29, 0.717) is 6.54 Å². The lowest BCUT2D eigenvalue weighted by atomic mass is 10.2. The lowest BCUT2D eigenvalue weighted by Gasteiger charge is -2.14. The second-order valence-electron chi connectivity index (χ2n) is 3.58. The van der Waals surface area contributed by atoms with E-state index in [0.717, 1.165) is 16.5 Å². The second-order valence-corrected chi connectivity index (χ2v) is 3.58. The average molecular weight is 219 g/mol. The monoisotopic (exact) mass is 219 g/mol. The van der Waals surface area contributed by atoms with Gasteiger partial charge in [0.05, 0.1) is 19.9 Å². The molecule has 1 aromatic heterocycles. The van der Waals surface area contributed by atoms with E-state index in [1.54, 1.807) is 13.3 Å². The number of carbonyl (C=O) groups is 1. The molecule has 0 fully saturated rings. The van der Waals surface area contributed by atoms with Crippen LogP contribution in [0.2, 0.25) is 0 Å². The Bertz CT molecular complexity index is 504. The fourth-order valence-corrected chi connectivity index (χ4v) is 1.63. The van der Waals surface area contributed by atoms with E-state index >= 15 is 0 Å². The summed E-state index contributed by atoms with van der Waals surface area (Å²) in [5, 5.41) is 1.03. The Balaban J connectivity index is 2.24. The molecule has 1 aromatic carbocycles. The molecule has 1 amide bonds. The number of nitrogens with zero attached hydrogens (tertiary/aromatic N) is 1. The van der Waals surface area contributed by atoms with Gasteiger partial charge in [-0.15, -0.1) is 0 Å². The maximum absolute atomic E-state index is 11.2.